The Kier molecular flexibility index (Phi) is 3.05. The maximum Gasteiger partial charge on any atom is 0.0688 e. The quantitative estimate of drug-likeness (QED) is 0.778. The van der Waals surface area contributed by atoms with Gasteiger partial charge in [0, 0.05) is 36.0 Å². The monoisotopic (exact) mass is 252 g/mol. The predicted octanol–water partition coefficient (Wildman–Crippen LogP) is 2.89. The number of nitrogens with zero attached hydrogens (tertiary/aromatic N) is 2. The van der Waals surface area contributed by atoms with Crippen LogP contribution >= 0.6 is 0 Å². The van der Waals surface area contributed by atoms with E-state index in [-0.39, 0.29) is 6.61 Å². The molecule has 0 saturated heterocycles. The SMILES string of the molecule is Cc1cncc(Cn2ccc3c(CO)cccc32)c1. The highest BCUT2D eigenvalue weighted by Crippen LogP contribution is 2.21. The van der Waals surface area contributed by atoms with Gasteiger partial charge in [-0.1, -0.05) is 18.2 Å². The van der Waals surface area contributed by atoms with Crippen molar-refractivity contribution in [2.24, 2.45) is 0 Å². The van der Waals surface area contributed by atoms with Crippen molar-refractivity contribution in [1.29, 1.82) is 0 Å². The average molecular weight is 252 g/mol. The first-order chi connectivity index (χ1) is 9.28. The highest BCUT2D eigenvalue weighted by molar-refractivity contribution is 5.83. The van der Waals surface area contributed by atoms with E-state index >= 15 is 0 Å². The first-order valence-corrected chi connectivity index (χ1v) is 6.36. The first kappa shape index (κ1) is 11.9. The lowest BCUT2D eigenvalue weighted by Gasteiger charge is -2.07. The number of pyridine rings is 1. The molecule has 0 radical (unpaired) electrons. The molecule has 0 aliphatic heterocycles. The van der Waals surface area contributed by atoms with Crippen LogP contribution in [0.3, 0.4) is 0 Å². The number of hydrogen-bond acceptors (Lipinski definition) is 2. The fourth-order valence-corrected chi connectivity index (χ4v) is 2.46. The lowest BCUT2D eigenvalue weighted by Crippen LogP contribution is -1.99. The van der Waals surface area contributed by atoms with Crippen molar-refractivity contribution in [2.75, 3.05) is 0 Å². The smallest absolute Gasteiger partial charge is 0.0688 e. The van der Waals surface area contributed by atoms with Gasteiger partial charge in [0.2, 0.25) is 0 Å². The zero-order valence-electron chi connectivity index (χ0n) is 10.9. The molecule has 3 aromatic rings. The van der Waals surface area contributed by atoms with E-state index in [1.165, 1.54) is 11.1 Å². The van der Waals surface area contributed by atoms with E-state index in [0.717, 1.165) is 23.0 Å². The Hall–Kier alpha value is -2.13. The number of aromatic nitrogens is 2. The van der Waals surface area contributed by atoms with E-state index in [1.807, 2.05) is 31.5 Å². The molecule has 0 amide bonds. The summed E-state index contributed by atoms with van der Waals surface area (Å²) in [4.78, 5) is 4.23. The highest BCUT2D eigenvalue weighted by atomic mass is 16.3. The minimum Gasteiger partial charge on any atom is -0.392 e. The molecule has 0 atom stereocenters. The standard InChI is InChI=1S/C16H16N2O/c1-12-7-13(9-17-8-12)10-18-6-5-15-14(11-19)3-2-4-16(15)18/h2-9,19H,10-11H2,1H3. The number of hydrogen-bond donors (Lipinski definition) is 1. The summed E-state index contributed by atoms with van der Waals surface area (Å²) in [5, 5.41) is 10.5. The van der Waals surface area contributed by atoms with Crippen molar-refractivity contribution in [3.8, 4) is 0 Å². The van der Waals surface area contributed by atoms with Crippen LogP contribution in [-0.2, 0) is 13.2 Å². The molecule has 0 spiro atoms. The van der Waals surface area contributed by atoms with Crippen LogP contribution in [0, 0.1) is 6.92 Å². The van der Waals surface area contributed by atoms with Crippen molar-refractivity contribution in [3.05, 3.63) is 65.6 Å². The normalized spacial score (nSPS) is 11.1. The molecule has 19 heavy (non-hydrogen) atoms. The van der Waals surface area contributed by atoms with Crippen LogP contribution in [0.5, 0.6) is 0 Å². The largest absolute Gasteiger partial charge is 0.392 e. The molecule has 0 aliphatic carbocycles. The zero-order chi connectivity index (χ0) is 13.2. The van der Waals surface area contributed by atoms with Gasteiger partial charge in [0.25, 0.3) is 0 Å². The van der Waals surface area contributed by atoms with E-state index in [4.69, 9.17) is 0 Å². The Bertz CT molecular complexity index is 716. The molecule has 0 saturated carbocycles. The Morgan fingerprint density at radius 3 is 2.89 bits per heavy atom. The van der Waals surface area contributed by atoms with Gasteiger partial charge in [0.15, 0.2) is 0 Å². The molecule has 3 rings (SSSR count). The molecule has 0 bridgehead atoms. The zero-order valence-corrected chi connectivity index (χ0v) is 10.9. The molecule has 0 fully saturated rings. The Balaban J connectivity index is 2.02. The molecule has 2 heterocycles. The van der Waals surface area contributed by atoms with Gasteiger partial charge in [-0.05, 0) is 35.7 Å². The van der Waals surface area contributed by atoms with Crippen LogP contribution in [0.4, 0.5) is 0 Å². The van der Waals surface area contributed by atoms with Gasteiger partial charge in [0.1, 0.15) is 0 Å². The fourth-order valence-electron chi connectivity index (χ4n) is 2.46. The molecule has 96 valence electrons. The lowest BCUT2D eigenvalue weighted by atomic mass is 10.1. The average Bonchev–Trinajstić information content (AvgIpc) is 2.82. The predicted molar refractivity (Wildman–Crippen MR) is 75.9 cm³/mol. The summed E-state index contributed by atoms with van der Waals surface area (Å²) in [6.45, 7) is 2.93. The summed E-state index contributed by atoms with van der Waals surface area (Å²) in [7, 11) is 0. The minimum absolute atomic E-state index is 0.0767. The number of aliphatic hydroxyl groups is 1. The summed E-state index contributed by atoms with van der Waals surface area (Å²) in [5.74, 6) is 0. The maximum absolute atomic E-state index is 9.35. The Labute approximate surface area is 112 Å². The first-order valence-electron chi connectivity index (χ1n) is 6.36. The lowest BCUT2D eigenvalue weighted by molar-refractivity contribution is 0.283. The van der Waals surface area contributed by atoms with E-state index in [2.05, 4.69) is 33.9 Å². The second-order valence-corrected chi connectivity index (χ2v) is 4.82. The van der Waals surface area contributed by atoms with Crippen molar-refractivity contribution in [3.63, 3.8) is 0 Å². The number of aliphatic hydroxyl groups excluding tert-OH is 1. The van der Waals surface area contributed by atoms with Crippen molar-refractivity contribution in [1.82, 2.24) is 9.55 Å². The topological polar surface area (TPSA) is 38.0 Å². The third-order valence-electron chi connectivity index (χ3n) is 3.36. The van der Waals surface area contributed by atoms with Crippen molar-refractivity contribution < 1.29 is 5.11 Å². The van der Waals surface area contributed by atoms with Gasteiger partial charge in [-0.3, -0.25) is 4.98 Å². The molecule has 3 nitrogen and oxygen atoms in total. The number of fused-ring (bicyclic) bond motifs is 1. The van der Waals surface area contributed by atoms with E-state index in [1.54, 1.807) is 0 Å². The van der Waals surface area contributed by atoms with Crippen molar-refractivity contribution in [2.45, 2.75) is 20.1 Å². The van der Waals surface area contributed by atoms with Gasteiger partial charge in [-0.25, -0.2) is 0 Å². The Morgan fingerprint density at radius 1 is 1.21 bits per heavy atom. The number of rotatable bonds is 3. The third kappa shape index (κ3) is 2.25. The molecule has 0 unspecified atom stereocenters. The van der Waals surface area contributed by atoms with Crippen LogP contribution in [0.15, 0.2) is 48.9 Å². The summed E-state index contributed by atoms with van der Waals surface area (Å²) in [6.07, 6.45) is 5.82. The van der Waals surface area contributed by atoms with Crippen LogP contribution in [0.25, 0.3) is 10.9 Å². The molecule has 1 aromatic carbocycles. The molecule has 1 N–H and O–H groups in total. The molecular formula is C16H16N2O. The number of aryl methyl sites for hydroxylation is 1. The summed E-state index contributed by atoms with van der Waals surface area (Å²) in [6, 6.07) is 10.2. The summed E-state index contributed by atoms with van der Waals surface area (Å²) < 4.78 is 2.19. The summed E-state index contributed by atoms with van der Waals surface area (Å²) >= 11 is 0. The molecular weight excluding hydrogens is 236 g/mol. The molecule has 3 heteroatoms. The van der Waals surface area contributed by atoms with Gasteiger partial charge in [0.05, 0.1) is 6.61 Å². The van der Waals surface area contributed by atoms with E-state index < -0.39 is 0 Å². The molecule has 2 aromatic heterocycles. The second-order valence-electron chi connectivity index (χ2n) is 4.82. The number of benzene rings is 1. The van der Waals surface area contributed by atoms with E-state index in [9.17, 15) is 5.11 Å². The second kappa shape index (κ2) is 4.86. The van der Waals surface area contributed by atoms with Gasteiger partial charge < -0.3 is 9.67 Å². The Morgan fingerprint density at radius 2 is 2.11 bits per heavy atom. The van der Waals surface area contributed by atoms with Gasteiger partial charge >= 0.3 is 0 Å². The van der Waals surface area contributed by atoms with Gasteiger partial charge in [-0.2, -0.15) is 0 Å². The maximum atomic E-state index is 9.35. The fraction of sp³-hybridized carbons (Fsp3) is 0.188. The highest BCUT2D eigenvalue weighted by Gasteiger charge is 2.05. The third-order valence-corrected chi connectivity index (χ3v) is 3.36. The van der Waals surface area contributed by atoms with E-state index in [0.29, 0.717) is 0 Å². The van der Waals surface area contributed by atoms with Crippen molar-refractivity contribution >= 4 is 10.9 Å². The van der Waals surface area contributed by atoms with Crippen LogP contribution < -0.4 is 0 Å². The van der Waals surface area contributed by atoms with Crippen LogP contribution in [0.2, 0.25) is 0 Å². The molecule has 0 aliphatic rings. The summed E-state index contributed by atoms with van der Waals surface area (Å²) in [5.41, 5.74) is 4.48. The van der Waals surface area contributed by atoms with Crippen LogP contribution in [0.1, 0.15) is 16.7 Å². The van der Waals surface area contributed by atoms with Crippen LogP contribution in [-0.4, -0.2) is 14.7 Å². The minimum atomic E-state index is 0.0767. The van der Waals surface area contributed by atoms with Gasteiger partial charge in [-0.15, -0.1) is 0 Å².